The Morgan fingerprint density at radius 2 is 1.06 bits per heavy atom. The van der Waals surface area contributed by atoms with Crippen LogP contribution in [0.2, 0.25) is 0 Å². The van der Waals surface area contributed by atoms with Crippen LogP contribution < -0.4 is 0 Å². The summed E-state index contributed by atoms with van der Waals surface area (Å²) >= 11 is 0. The maximum Gasteiger partial charge on any atom is 0.134 e. The van der Waals surface area contributed by atoms with E-state index in [9.17, 15) is 60.6 Å². The monoisotopic (exact) mass is 1460 g/mol. The molecule has 8 heterocycles. The van der Waals surface area contributed by atoms with Crippen molar-refractivity contribution in [1.29, 1.82) is 0 Å². The van der Waals surface area contributed by atoms with E-state index in [0.29, 0.717) is 62.5 Å². The molecule has 101 heavy (non-hydrogen) atoms. The smallest absolute Gasteiger partial charge is 0.134 e. The molecule has 12 fully saturated rings. The number of aliphatic hydroxyl groups excluding tert-OH is 20. The standard InChI is InChI=1S/C9H16O4.C8H15NO4.C8H15NO3.C8H14O3.2C8H14O2.C7H13FO3.C7H14O4.C7H14O3/c1-3-4-12-9-6(2)13-7(5-10)8(9)11;1-5-6-7(11)8(4-10,13-5)3-9(6)12-2;1-5-6-7(11)8(4-10,12-5)3-9(6)2;1-4-5-2-8(5,3-9)7(11)6(4)10;1-5-2-7(10)8(4-9)3-6(5)8;1-6-2-3-7(5-9)8(10)4-6;1-4-3-11-5(2-9)7(10)6(4)8;1-4-3-11-5(2-8)7(10)6(4)9;1-5-2-6(9)7(3-8)10-4-5/h3,6-11H,1,4-5H2,2H3;5-7,10-11H,3-4H2,1-2H3;5-7,10-11H,3-4H2,1-2H3;4-7,9-11H,2-3H2,1H3;5-7,9-10H,2-4H2,1H3;2-3,6-10H,4-5H2,1H3;4-7,9-10H,2-3H2,1H3;4-10H,2-3H2,1H3;5-9H,2-4H2,1H3/t6-,7+,8?,9+;2*5-,6+,7?,8+;4-,5-,6-,7?,8-;5-,6+,7?,8+;6?,7-,8+;2*4?,5-,6+,7-;5?,6-,7+/m000101110/s1. The molecule has 0 aromatic carbocycles. The Hall–Kier alpha value is -1.79. The van der Waals surface area contributed by atoms with Crippen molar-refractivity contribution in [2.45, 2.75) is 240 Å². The van der Waals surface area contributed by atoms with Gasteiger partial charge in [-0.3, -0.25) is 4.90 Å². The summed E-state index contributed by atoms with van der Waals surface area (Å²) in [6.07, 6.45) is -1.48. The SMILES string of the molecule is C=CCO[C@H]1C(O)[C@@H](CO)O[C@H]1C.CC1C=C[C@H](CO)[C@@H](O)C1.CC1CO[C@H](CO)[C@@H](O)C1.CC1CO[C@H](CO)[C@@H](O)[C@H]1F.CC1CO[C@H](CO)[C@@H](O)[C@H]1O.CON1C[C@]2(CO)O[C@@H](C)[C@@H]1C2O.C[C@@H]1O[C@@]2(CO)CN(C)[C@H]1C2O.C[C@@H]1[C@H]2C[C@]2(CO)C(O)[C@@H]1O.C[C@H]1CC(O)[C@@]2(CO)C[C@H]12. The number of nitrogens with zero attached hydrogens (tertiary/aromatic N) is 2. The number of hydrogen-bond donors (Lipinski definition) is 20. The first-order valence-corrected chi connectivity index (χ1v) is 36.0. The minimum Gasteiger partial charge on any atom is -0.396 e. The molecule has 20 N–H and O–H groups in total. The van der Waals surface area contributed by atoms with Gasteiger partial charge >= 0.3 is 0 Å². The zero-order valence-electron chi connectivity index (χ0n) is 61.0. The number of rotatable bonds is 13. The lowest BCUT2D eigenvalue weighted by Gasteiger charge is -2.35. The quantitative estimate of drug-likeness (QED) is 0.0777. The van der Waals surface area contributed by atoms with E-state index < -0.39 is 90.6 Å². The number of hydroxylamine groups is 2. The normalized spacial score (nSPS) is 48.4. The molecular weight excluding hydrogens is 1340 g/mol. The number of likely N-dealkylation sites (N-methyl/N-ethyl adjacent to an activating group) is 1. The minimum absolute atomic E-state index is 0.0141. The molecule has 13 rings (SSSR count). The van der Waals surface area contributed by atoms with E-state index in [-0.39, 0.29) is 155 Å². The summed E-state index contributed by atoms with van der Waals surface area (Å²) in [7, 11) is 3.51. The van der Waals surface area contributed by atoms with Gasteiger partial charge in [-0.2, -0.15) is 5.06 Å². The van der Waals surface area contributed by atoms with Crippen molar-refractivity contribution in [3.63, 3.8) is 0 Å². The van der Waals surface area contributed by atoms with Gasteiger partial charge in [0.25, 0.3) is 0 Å². The maximum atomic E-state index is 13.0. The molecule has 4 saturated carbocycles. The Balaban J connectivity index is 0.000000205. The van der Waals surface area contributed by atoms with Gasteiger partial charge in [0.1, 0.15) is 78.4 Å². The maximum absolute atomic E-state index is 13.0. The van der Waals surface area contributed by atoms with Gasteiger partial charge < -0.3 is 140 Å². The first kappa shape index (κ1) is 89.8. The topological polar surface area (TPSA) is 485 Å². The van der Waals surface area contributed by atoms with Crippen LogP contribution in [-0.2, 0) is 38.0 Å². The molecule has 13 aliphatic rings. The summed E-state index contributed by atoms with van der Waals surface area (Å²) in [4.78, 5) is 7.15. The highest BCUT2D eigenvalue weighted by atomic mass is 19.1. The molecule has 0 radical (unpaired) electrons. The number of alkyl halides is 1. The Kier molecular flexibility index (Phi) is 35.6. The number of likely N-dealkylation sites (tertiary alicyclic amines) is 1. The number of ether oxygens (including phenoxy) is 7. The van der Waals surface area contributed by atoms with Gasteiger partial charge in [-0.05, 0) is 95.4 Å². The number of halogens is 1. The molecule has 5 aliphatic carbocycles. The average Bonchev–Trinajstić information content (AvgIpc) is 1.55. The lowest BCUT2D eigenvalue weighted by molar-refractivity contribution is -0.219. The van der Waals surface area contributed by atoms with E-state index in [0.717, 1.165) is 32.1 Å². The van der Waals surface area contributed by atoms with Crippen LogP contribution in [0.4, 0.5) is 4.39 Å². The van der Waals surface area contributed by atoms with E-state index in [1.165, 1.54) is 0 Å². The molecule has 8 saturated heterocycles. The van der Waals surface area contributed by atoms with Crippen LogP contribution in [0.15, 0.2) is 24.8 Å². The molecule has 0 aromatic rings. The van der Waals surface area contributed by atoms with Crippen LogP contribution >= 0.6 is 0 Å². The molecule has 0 aromatic heterocycles. The van der Waals surface area contributed by atoms with Crippen molar-refractivity contribution < 1.29 is 145 Å². The minimum atomic E-state index is -1.28. The molecule has 30 nitrogen and oxygen atoms in total. The summed E-state index contributed by atoms with van der Waals surface area (Å²) < 4.78 is 49.8. The van der Waals surface area contributed by atoms with Crippen LogP contribution in [-0.4, -0.2) is 371 Å². The Bertz CT molecular complexity index is 2370. The Morgan fingerprint density at radius 3 is 1.46 bits per heavy atom. The van der Waals surface area contributed by atoms with Crippen molar-refractivity contribution in [2.24, 2.45) is 64.1 Å². The fourth-order valence-electron chi connectivity index (χ4n) is 16.3. The summed E-state index contributed by atoms with van der Waals surface area (Å²) in [6, 6.07) is -0.103. The molecule has 0 amide bonds. The molecular formula is C70H129FN2O28. The van der Waals surface area contributed by atoms with Gasteiger partial charge in [-0.25, -0.2) is 4.39 Å². The lowest BCUT2D eigenvalue weighted by atomic mass is 9.87. The van der Waals surface area contributed by atoms with Crippen LogP contribution in [0.25, 0.3) is 0 Å². The highest BCUT2D eigenvalue weighted by molar-refractivity contribution is 5.18. The highest BCUT2D eigenvalue weighted by Crippen LogP contribution is 2.66. The summed E-state index contributed by atoms with van der Waals surface area (Å²) in [5.74, 6) is 2.23. The average molecular weight is 1470 g/mol. The lowest BCUT2D eigenvalue weighted by Crippen LogP contribution is -2.50. The van der Waals surface area contributed by atoms with Crippen molar-refractivity contribution in [2.75, 3.05) is 113 Å². The highest BCUT2D eigenvalue weighted by Gasteiger charge is 2.69. The van der Waals surface area contributed by atoms with Gasteiger partial charge in [-0.15, -0.1) is 6.58 Å². The predicted molar refractivity (Wildman–Crippen MR) is 361 cm³/mol. The molecule has 31 heteroatoms. The first-order valence-electron chi connectivity index (χ1n) is 36.0. The van der Waals surface area contributed by atoms with Crippen LogP contribution in [0.1, 0.15) is 94.4 Å². The summed E-state index contributed by atoms with van der Waals surface area (Å²) in [5, 5.41) is 185. The van der Waals surface area contributed by atoms with Crippen molar-refractivity contribution in [1.82, 2.24) is 9.96 Å². The second-order valence-electron chi connectivity index (χ2n) is 30.7. The third-order valence-electron chi connectivity index (χ3n) is 23.1. The van der Waals surface area contributed by atoms with Crippen LogP contribution in [0.5, 0.6) is 0 Å². The van der Waals surface area contributed by atoms with Crippen molar-refractivity contribution >= 4 is 0 Å². The fourth-order valence-corrected chi connectivity index (χ4v) is 16.3. The Labute approximate surface area is 594 Å². The van der Waals surface area contributed by atoms with Gasteiger partial charge in [0.15, 0.2) is 0 Å². The second-order valence-corrected chi connectivity index (χ2v) is 30.7. The number of morpholine rings is 2. The van der Waals surface area contributed by atoms with Gasteiger partial charge in [0, 0.05) is 41.7 Å². The zero-order chi connectivity index (χ0) is 76.0. The number of aliphatic hydroxyl groups is 20. The van der Waals surface area contributed by atoms with E-state index >= 15 is 0 Å². The van der Waals surface area contributed by atoms with E-state index in [2.05, 4.69) is 25.3 Å². The Morgan fingerprint density at radius 1 is 0.525 bits per heavy atom. The molecule has 4 bridgehead atoms. The third-order valence-corrected chi connectivity index (χ3v) is 23.1. The van der Waals surface area contributed by atoms with E-state index in [1.807, 2.05) is 53.8 Å². The van der Waals surface area contributed by atoms with E-state index in [4.69, 9.17) is 84.0 Å². The second kappa shape index (κ2) is 40.1. The van der Waals surface area contributed by atoms with E-state index in [1.54, 1.807) is 32.1 Å². The van der Waals surface area contributed by atoms with Gasteiger partial charge in [-0.1, -0.05) is 59.8 Å². The van der Waals surface area contributed by atoms with Gasteiger partial charge in [0.2, 0.25) is 0 Å². The van der Waals surface area contributed by atoms with Crippen LogP contribution in [0, 0.1) is 64.1 Å². The largest absolute Gasteiger partial charge is 0.396 e. The third kappa shape index (κ3) is 21.0. The van der Waals surface area contributed by atoms with Crippen molar-refractivity contribution in [3.8, 4) is 0 Å². The molecule has 35 atom stereocenters. The molecule has 594 valence electrons. The summed E-state index contributed by atoms with van der Waals surface area (Å²) in [5.41, 5.74) is -1.93. The first-order chi connectivity index (χ1) is 47.6. The molecule has 9 unspecified atom stereocenters. The predicted octanol–water partition coefficient (Wildman–Crippen LogP) is -4.24. The molecule has 8 aliphatic heterocycles. The molecule has 0 spiro atoms. The zero-order valence-corrected chi connectivity index (χ0v) is 61.0. The van der Waals surface area contributed by atoms with Crippen LogP contribution in [0.3, 0.4) is 0 Å². The number of hydrogen-bond acceptors (Lipinski definition) is 30. The fraction of sp³-hybridized carbons (Fsp3) is 0.943. The number of fused-ring (bicyclic) bond motifs is 6. The van der Waals surface area contributed by atoms with Crippen molar-refractivity contribution in [3.05, 3.63) is 24.8 Å². The summed E-state index contributed by atoms with van der Waals surface area (Å²) in [6.45, 7) is 22.7. The van der Waals surface area contributed by atoms with Gasteiger partial charge in [0.05, 0.1) is 160 Å². The number of allylic oxidation sites excluding steroid dienone is 1.